The third-order valence-electron chi connectivity index (χ3n) is 2.04. The van der Waals surface area contributed by atoms with E-state index in [9.17, 15) is 0 Å². The third-order valence-corrected chi connectivity index (χ3v) is 3.35. The van der Waals surface area contributed by atoms with Crippen LogP contribution < -0.4 is 0 Å². The summed E-state index contributed by atoms with van der Waals surface area (Å²) in [7, 11) is 0. The maximum absolute atomic E-state index is 4.16. The standard InChI is InChI=1S/C10H8BrIN2/c1-6-9(10(12)14-13-6)7-2-4-8(11)5-3-7/h2-5H,1H3,(H,13,14). The first-order valence-corrected chi connectivity index (χ1v) is 6.02. The number of nitrogens with zero attached hydrogens (tertiary/aromatic N) is 1. The molecule has 2 nitrogen and oxygen atoms in total. The summed E-state index contributed by atoms with van der Waals surface area (Å²) in [6, 6.07) is 8.25. The van der Waals surface area contributed by atoms with Crippen LogP contribution in [0, 0.1) is 10.6 Å². The van der Waals surface area contributed by atoms with Crippen molar-refractivity contribution in [1.82, 2.24) is 10.2 Å². The van der Waals surface area contributed by atoms with Crippen molar-refractivity contribution < 1.29 is 0 Å². The Kier molecular flexibility index (Phi) is 2.92. The van der Waals surface area contributed by atoms with Crippen molar-refractivity contribution in [3.8, 4) is 11.1 Å². The molecule has 0 unspecified atom stereocenters. The van der Waals surface area contributed by atoms with E-state index in [0.717, 1.165) is 13.9 Å². The molecule has 2 rings (SSSR count). The van der Waals surface area contributed by atoms with Crippen LogP contribution in [0.15, 0.2) is 28.7 Å². The van der Waals surface area contributed by atoms with Crippen LogP contribution in [-0.2, 0) is 0 Å². The van der Waals surface area contributed by atoms with E-state index in [-0.39, 0.29) is 0 Å². The van der Waals surface area contributed by atoms with Gasteiger partial charge >= 0.3 is 0 Å². The Balaban J connectivity index is 2.54. The van der Waals surface area contributed by atoms with Crippen molar-refractivity contribution in [3.05, 3.63) is 38.1 Å². The first-order valence-electron chi connectivity index (χ1n) is 4.15. The zero-order valence-electron chi connectivity index (χ0n) is 7.51. The molecule has 0 aliphatic rings. The van der Waals surface area contributed by atoms with Crippen LogP contribution in [0.2, 0.25) is 0 Å². The molecule has 0 saturated heterocycles. The Labute approximate surface area is 104 Å². The molecule has 1 N–H and O–H groups in total. The molecule has 0 aliphatic carbocycles. The molecule has 0 aliphatic heterocycles. The predicted octanol–water partition coefficient (Wildman–Crippen LogP) is 3.75. The van der Waals surface area contributed by atoms with Crippen molar-refractivity contribution in [2.75, 3.05) is 0 Å². The van der Waals surface area contributed by atoms with E-state index in [4.69, 9.17) is 0 Å². The van der Waals surface area contributed by atoms with Crippen molar-refractivity contribution in [1.29, 1.82) is 0 Å². The van der Waals surface area contributed by atoms with Gasteiger partial charge in [0.2, 0.25) is 0 Å². The molecule has 1 aromatic carbocycles. The van der Waals surface area contributed by atoms with E-state index in [1.165, 1.54) is 11.1 Å². The minimum absolute atomic E-state index is 1.02. The normalized spacial score (nSPS) is 10.5. The Hall–Kier alpha value is -0.360. The van der Waals surface area contributed by atoms with Crippen molar-refractivity contribution in [2.45, 2.75) is 6.92 Å². The predicted molar refractivity (Wildman–Crippen MR) is 69.2 cm³/mol. The van der Waals surface area contributed by atoms with Crippen LogP contribution in [0.1, 0.15) is 5.69 Å². The van der Waals surface area contributed by atoms with Gasteiger partial charge in [-0.05, 0) is 47.2 Å². The van der Waals surface area contributed by atoms with Gasteiger partial charge in [0.15, 0.2) is 0 Å². The number of nitrogens with one attached hydrogen (secondary N) is 1. The number of benzene rings is 1. The maximum atomic E-state index is 4.16. The minimum atomic E-state index is 1.02. The number of aromatic amines is 1. The number of hydrogen-bond donors (Lipinski definition) is 1. The summed E-state index contributed by atoms with van der Waals surface area (Å²) in [5.74, 6) is 0. The fourth-order valence-electron chi connectivity index (χ4n) is 1.35. The molecule has 0 bridgehead atoms. The highest BCUT2D eigenvalue weighted by atomic mass is 127. The van der Waals surface area contributed by atoms with Crippen LogP contribution in [0.5, 0.6) is 0 Å². The van der Waals surface area contributed by atoms with Gasteiger partial charge in [-0.15, -0.1) is 0 Å². The Morgan fingerprint density at radius 2 is 1.93 bits per heavy atom. The Bertz CT molecular complexity index is 428. The lowest BCUT2D eigenvalue weighted by molar-refractivity contribution is 1.03. The summed E-state index contributed by atoms with van der Waals surface area (Å²) >= 11 is 5.66. The number of aromatic nitrogens is 2. The molecule has 0 radical (unpaired) electrons. The molecule has 0 atom stereocenters. The van der Waals surface area contributed by atoms with Gasteiger partial charge in [0, 0.05) is 15.7 Å². The smallest absolute Gasteiger partial charge is 0.131 e. The zero-order chi connectivity index (χ0) is 10.1. The lowest BCUT2D eigenvalue weighted by atomic mass is 10.1. The Morgan fingerprint density at radius 3 is 2.43 bits per heavy atom. The number of halogens is 2. The van der Waals surface area contributed by atoms with E-state index in [1.54, 1.807) is 0 Å². The molecule has 0 saturated carbocycles. The molecule has 0 fully saturated rings. The molecule has 0 amide bonds. The largest absolute Gasteiger partial charge is 0.281 e. The number of rotatable bonds is 1. The van der Waals surface area contributed by atoms with E-state index >= 15 is 0 Å². The molecule has 0 spiro atoms. The average molecular weight is 363 g/mol. The van der Waals surface area contributed by atoms with Gasteiger partial charge in [-0.2, -0.15) is 5.10 Å². The topological polar surface area (TPSA) is 28.7 Å². The fourth-order valence-corrected chi connectivity index (χ4v) is 2.45. The zero-order valence-corrected chi connectivity index (χ0v) is 11.3. The van der Waals surface area contributed by atoms with Crippen LogP contribution in [0.25, 0.3) is 11.1 Å². The lowest BCUT2D eigenvalue weighted by Crippen LogP contribution is -1.80. The molecule has 14 heavy (non-hydrogen) atoms. The summed E-state index contributed by atoms with van der Waals surface area (Å²) in [5.41, 5.74) is 3.50. The number of H-pyrrole nitrogens is 1. The van der Waals surface area contributed by atoms with Gasteiger partial charge in [0.1, 0.15) is 3.70 Å². The highest BCUT2D eigenvalue weighted by Crippen LogP contribution is 2.27. The summed E-state index contributed by atoms with van der Waals surface area (Å²) in [5, 5.41) is 7.15. The Morgan fingerprint density at radius 1 is 1.29 bits per heavy atom. The second kappa shape index (κ2) is 4.02. The summed E-state index contributed by atoms with van der Waals surface area (Å²) in [6.07, 6.45) is 0. The second-order valence-corrected chi connectivity index (χ2v) is 4.96. The summed E-state index contributed by atoms with van der Waals surface area (Å²) in [6.45, 7) is 2.03. The molecule has 4 heteroatoms. The van der Waals surface area contributed by atoms with Gasteiger partial charge in [-0.3, -0.25) is 5.10 Å². The minimum Gasteiger partial charge on any atom is -0.281 e. The van der Waals surface area contributed by atoms with E-state index < -0.39 is 0 Å². The average Bonchev–Trinajstić information content (AvgIpc) is 2.49. The van der Waals surface area contributed by atoms with Crippen LogP contribution >= 0.6 is 38.5 Å². The van der Waals surface area contributed by atoms with Crippen LogP contribution in [-0.4, -0.2) is 10.2 Å². The molecule has 2 aromatic rings. The van der Waals surface area contributed by atoms with Gasteiger partial charge in [0.05, 0.1) is 0 Å². The van der Waals surface area contributed by atoms with Gasteiger partial charge in [0.25, 0.3) is 0 Å². The monoisotopic (exact) mass is 362 g/mol. The third kappa shape index (κ3) is 1.86. The number of aryl methyl sites for hydroxylation is 1. The maximum Gasteiger partial charge on any atom is 0.131 e. The summed E-state index contributed by atoms with van der Waals surface area (Å²) < 4.78 is 2.11. The van der Waals surface area contributed by atoms with Crippen LogP contribution in [0.3, 0.4) is 0 Å². The molecule has 72 valence electrons. The lowest BCUT2D eigenvalue weighted by Gasteiger charge is -2.00. The fraction of sp³-hybridized carbons (Fsp3) is 0.100. The molecule has 1 aromatic heterocycles. The van der Waals surface area contributed by atoms with E-state index in [0.29, 0.717) is 0 Å². The molecular weight excluding hydrogens is 355 g/mol. The van der Waals surface area contributed by atoms with Crippen molar-refractivity contribution >= 4 is 38.5 Å². The molecular formula is C10H8BrIN2. The van der Waals surface area contributed by atoms with Crippen LogP contribution in [0.4, 0.5) is 0 Å². The molecule has 1 heterocycles. The van der Waals surface area contributed by atoms with Gasteiger partial charge in [-0.1, -0.05) is 28.1 Å². The first kappa shape index (κ1) is 10.2. The van der Waals surface area contributed by atoms with Gasteiger partial charge in [-0.25, -0.2) is 0 Å². The van der Waals surface area contributed by atoms with Crippen molar-refractivity contribution in [3.63, 3.8) is 0 Å². The van der Waals surface area contributed by atoms with Crippen molar-refractivity contribution in [2.24, 2.45) is 0 Å². The summed E-state index contributed by atoms with van der Waals surface area (Å²) in [4.78, 5) is 0. The number of hydrogen-bond acceptors (Lipinski definition) is 1. The first-order chi connectivity index (χ1) is 6.68. The van der Waals surface area contributed by atoms with E-state index in [1.807, 2.05) is 19.1 Å². The SMILES string of the molecule is Cc1[nH]nc(I)c1-c1ccc(Br)cc1. The van der Waals surface area contributed by atoms with E-state index in [2.05, 4.69) is 60.9 Å². The quantitative estimate of drug-likeness (QED) is 0.769. The van der Waals surface area contributed by atoms with Gasteiger partial charge < -0.3 is 0 Å². The highest BCUT2D eigenvalue weighted by molar-refractivity contribution is 14.1. The highest BCUT2D eigenvalue weighted by Gasteiger charge is 2.09. The second-order valence-electron chi connectivity index (χ2n) is 3.02.